The number of hydrogen-bond acceptors (Lipinski definition) is 2. The van der Waals surface area contributed by atoms with Crippen LogP contribution in [0.5, 0.6) is 0 Å². The molecule has 1 saturated carbocycles. The Labute approximate surface area is 74.9 Å². The average Bonchev–Trinajstić information content (AvgIpc) is 2.49. The molecule has 0 bridgehead atoms. The summed E-state index contributed by atoms with van der Waals surface area (Å²) in [4.78, 5) is 0. The fraction of sp³-hybridized carbons (Fsp3) is 1.00. The van der Waals surface area contributed by atoms with Crippen LogP contribution in [0.2, 0.25) is 0 Å². The van der Waals surface area contributed by atoms with E-state index in [0.29, 0.717) is 0 Å². The van der Waals surface area contributed by atoms with Crippen LogP contribution in [0.25, 0.3) is 0 Å². The van der Waals surface area contributed by atoms with E-state index in [-0.39, 0.29) is 5.54 Å². The van der Waals surface area contributed by atoms with Crippen molar-refractivity contribution >= 4 is 0 Å². The van der Waals surface area contributed by atoms with Gasteiger partial charge >= 0.3 is 0 Å². The molecule has 2 aliphatic rings. The molecule has 1 aliphatic carbocycles. The van der Waals surface area contributed by atoms with Gasteiger partial charge in [-0.3, -0.25) is 0 Å². The molecule has 1 unspecified atom stereocenters. The minimum Gasteiger partial charge on any atom is -0.325 e. The number of hydrogen-bond donors (Lipinski definition) is 2. The molecule has 0 spiro atoms. The van der Waals surface area contributed by atoms with Gasteiger partial charge in [0.05, 0.1) is 0 Å². The maximum atomic E-state index is 6.15. The maximum Gasteiger partial charge on any atom is 0.0155 e. The Morgan fingerprint density at radius 3 is 2.67 bits per heavy atom. The summed E-state index contributed by atoms with van der Waals surface area (Å²) in [6.07, 6.45) is 9.16. The van der Waals surface area contributed by atoms with Crippen molar-refractivity contribution in [2.75, 3.05) is 6.54 Å². The standard InChI is InChI=1S/C10H20N2/c11-10(5-2-6-10)7-4-9-3-1-8-12-9/h9,12H,1-8,11H2. The first kappa shape index (κ1) is 8.52. The average molecular weight is 168 g/mol. The summed E-state index contributed by atoms with van der Waals surface area (Å²) in [5, 5.41) is 3.52. The molecule has 1 aliphatic heterocycles. The number of nitrogens with two attached hydrogens (primary N) is 1. The Morgan fingerprint density at radius 1 is 1.33 bits per heavy atom. The van der Waals surface area contributed by atoms with Gasteiger partial charge in [-0.1, -0.05) is 0 Å². The zero-order chi connectivity index (χ0) is 8.44. The highest BCUT2D eigenvalue weighted by atomic mass is 14.9. The van der Waals surface area contributed by atoms with E-state index in [1.807, 2.05) is 0 Å². The molecule has 70 valence electrons. The van der Waals surface area contributed by atoms with Crippen molar-refractivity contribution in [1.29, 1.82) is 0 Å². The summed E-state index contributed by atoms with van der Waals surface area (Å²) in [5.41, 5.74) is 6.39. The summed E-state index contributed by atoms with van der Waals surface area (Å²) in [7, 11) is 0. The van der Waals surface area contributed by atoms with E-state index in [1.54, 1.807) is 0 Å². The van der Waals surface area contributed by atoms with Crippen LogP contribution in [0, 0.1) is 0 Å². The van der Waals surface area contributed by atoms with Crippen molar-refractivity contribution < 1.29 is 0 Å². The molecule has 2 heteroatoms. The molecule has 2 rings (SSSR count). The normalized spacial score (nSPS) is 33.2. The molecule has 2 fully saturated rings. The van der Waals surface area contributed by atoms with Crippen LogP contribution >= 0.6 is 0 Å². The second kappa shape index (κ2) is 3.35. The van der Waals surface area contributed by atoms with Gasteiger partial charge in [0.1, 0.15) is 0 Å². The topological polar surface area (TPSA) is 38.0 Å². The van der Waals surface area contributed by atoms with Crippen molar-refractivity contribution in [2.45, 2.75) is 56.5 Å². The highest BCUT2D eigenvalue weighted by Crippen LogP contribution is 2.34. The van der Waals surface area contributed by atoms with Crippen LogP contribution < -0.4 is 11.1 Å². The lowest BCUT2D eigenvalue weighted by Gasteiger charge is -2.38. The van der Waals surface area contributed by atoms with Gasteiger partial charge in [0, 0.05) is 11.6 Å². The molecule has 1 saturated heterocycles. The minimum absolute atomic E-state index is 0.240. The molecule has 0 aromatic heterocycles. The SMILES string of the molecule is NC1(CCC2CCCN2)CCC1. The highest BCUT2D eigenvalue weighted by molar-refractivity contribution is 4.93. The molecule has 3 N–H and O–H groups in total. The fourth-order valence-corrected chi connectivity index (χ4v) is 2.35. The van der Waals surface area contributed by atoms with Gasteiger partial charge in [-0.25, -0.2) is 0 Å². The summed E-state index contributed by atoms with van der Waals surface area (Å²) < 4.78 is 0. The first-order valence-corrected chi connectivity index (χ1v) is 5.31. The quantitative estimate of drug-likeness (QED) is 0.668. The monoisotopic (exact) mass is 168 g/mol. The van der Waals surface area contributed by atoms with Crippen molar-refractivity contribution in [3.8, 4) is 0 Å². The van der Waals surface area contributed by atoms with E-state index in [0.717, 1.165) is 6.04 Å². The first-order chi connectivity index (χ1) is 5.79. The van der Waals surface area contributed by atoms with Crippen LogP contribution in [0.4, 0.5) is 0 Å². The third-order valence-corrected chi connectivity index (χ3v) is 3.50. The highest BCUT2D eigenvalue weighted by Gasteiger charge is 2.32. The molecule has 0 amide bonds. The Morgan fingerprint density at radius 2 is 2.17 bits per heavy atom. The predicted octanol–water partition coefficient (Wildman–Crippen LogP) is 1.40. The Bertz CT molecular complexity index is 146. The lowest BCUT2D eigenvalue weighted by molar-refractivity contribution is 0.219. The number of rotatable bonds is 3. The van der Waals surface area contributed by atoms with Crippen LogP contribution in [-0.4, -0.2) is 18.1 Å². The van der Waals surface area contributed by atoms with E-state index < -0.39 is 0 Å². The Hall–Kier alpha value is -0.0800. The summed E-state index contributed by atoms with van der Waals surface area (Å²) >= 11 is 0. The second-order valence-corrected chi connectivity index (χ2v) is 4.55. The van der Waals surface area contributed by atoms with Gasteiger partial charge in [-0.2, -0.15) is 0 Å². The van der Waals surface area contributed by atoms with Gasteiger partial charge in [0.2, 0.25) is 0 Å². The van der Waals surface area contributed by atoms with Crippen molar-refractivity contribution in [3.63, 3.8) is 0 Å². The van der Waals surface area contributed by atoms with Crippen molar-refractivity contribution in [3.05, 3.63) is 0 Å². The largest absolute Gasteiger partial charge is 0.325 e. The van der Waals surface area contributed by atoms with Crippen LogP contribution in [-0.2, 0) is 0 Å². The molecule has 1 atom stereocenters. The molecular weight excluding hydrogens is 148 g/mol. The zero-order valence-corrected chi connectivity index (χ0v) is 7.81. The molecular formula is C10H20N2. The second-order valence-electron chi connectivity index (χ2n) is 4.55. The fourth-order valence-electron chi connectivity index (χ4n) is 2.35. The molecule has 0 aromatic carbocycles. The number of nitrogens with one attached hydrogen (secondary N) is 1. The molecule has 0 aromatic rings. The Balaban J connectivity index is 1.67. The maximum absolute atomic E-state index is 6.15. The van der Waals surface area contributed by atoms with Gasteiger partial charge in [0.25, 0.3) is 0 Å². The smallest absolute Gasteiger partial charge is 0.0155 e. The van der Waals surface area contributed by atoms with E-state index in [1.165, 1.54) is 51.5 Å². The zero-order valence-electron chi connectivity index (χ0n) is 7.81. The van der Waals surface area contributed by atoms with Gasteiger partial charge in [-0.15, -0.1) is 0 Å². The summed E-state index contributed by atoms with van der Waals surface area (Å²) in [6.45, 7) is 1.22. The molecule has 2 nitrogen and oxygen atoms in total. The Kier molecular flexibility index (Phi) is 2.37. The van der Waals surface area contributed by atoms with E-state index in [9.17, 15) is 0 Å². The lowest BCUT2D eigenvalue weighted by atomic mass is 9.74. The van der Waals surface area contributed by atoms with E-state index >= 15 is 0 Å². The van der Waals surface area contributed by atoms with Crippen molar-refractivity contribution in [2.24, 2.45) is 5.73 Å². The predicted molar refractivity (Wildman–Crippen MR) is 51.0 cm³/mol. The van der Waals surface area contributed by atoms with Gasteiger partial charge in [0.15, 0.2) is 0 Å². The lowest BCUT2D eigenvalue weighted by Crippen LogP contribution is -2.47. The minimum atomic E-state index is 0.240. The van der Waals surface area contributed by atoms with Crippen LogP contribution in [0.1, 0.15) is 44.9 Å². The van der Waals surface area contributed by atoms with Crippen molar-refractivity contribution in [1.82, 2.24) is 5.32 Å². The molecule has 0 radical (unpaired) electrons. The first-order valence-electron chi connectivity index (χ1n) is 5.31. The van der Waals surface area contributed by atoms with Crippen LogP contribution in [0.3, 0.4) is 0 Å². The summed E-state index contributed by atoms with van der Waals surface area (Å²) in [5.74, 6) is 0. The third kappa shape index (κ3) is 1.80. The van der Waals surface area contributed by atoms with Gasteiger partial charge < -0.3 is 11.1 Å². The molecule has 12 heavy (non-hydrogen) atoms. The molecule has 1 heterocycles. The van der Waals surface area contributed by atoms with Gasteiger partial charge in [-0.05, 0) is 51.5 Å². The van der Waals surface area contributed by atoms with E-state index in [2.05, 4.69) is 5.32 Å². The van der Waals surface area contributed by atoms with E-state index in [4.69, 9.17) is 5.73 Å². The van der Waals surface area contributed by atoms with Crippen LogP contribution in [0.15, 0.2) is 0 Å². The third-order valence-electron chi connectivity index (χ3n) is 3.50. The summed E-state index contributed by atoms with van der Waals surface area (Å²) in [6, 6.07) is 0.783.